The molecule has 0 fully saturated rings. The van der Waals surface area contributed by atoms with Crippen LogP contribution in [0, 0.1) is 11.3 Å². The summed E-state index contributed by atoms with van der Waals surface area (Å²) >= 11 is 0. The Morgan fingerprint density at radius 3 is 2.42 bits per heavy atom. The van der Waals surface area contributed by atoms with Crippen molar-refractivity contribution in [3.05, 3.63) is 28.6 Å². The molecule has 0 aliphatic rings. The third-order valence-corrected chi connectivity index (χ3v) is 2.12. The second kappa shape index (κ2) is 5.17. The molecule has 4 nitrogen and oxygen atoms in total. The van der Waals surface area contributed by atoms with E-state index in [1.165, 1.54) is 0 Å². The Morgan fingerprint density at radius 2 is 2.05 bits per heavy atom. The van der Waals surface area contributed by atoms with E-state index in [-0.39, 0.29) is 0 Å². The Hall–Kier alpha value is -2.24. The average Bonchev–Trinajstić information content (AvgIpc) is 2.34. The Morgan fingerprint density at radius 1 is 1.47 bits per heavy atom. The largest absolute Gasteiger partial charge is 0.465 e. The molecular weight excluding hydrogens is 275 g/mol. The van der Waals surface area contributed by atoms with Crippen LogP contribution < -0.4 is 0 Å². The molecule has 1 aromatic rings. The topological polar surface area (TPSA) is 63.0 Å². The average molecular weight is 280 g/mol. The first-order chi connectivity index (χ1) is 8.73. The summed E-state index contributed by atoms with van der Waals surface area (Å²) in [4.78, 5) is 14.0. The number of nitrogens with zero attached hydrogens (tertiary/aromatic N) is 2. The van der Waals surface area contributed by atoms with E-state index in [0.29, 0.717) is 6.20 Å². The number of carbonyl (C=O) groups is 1. The number of halogens is 5. The molecule has 102 valence electrons. The van der Waals surface area contributed by atoms with Crippen molar-refractivity contribution in [3.63, 3.8) is 0 Å². The molecule has 0 N–H and O–H groups in total. The van der Waals surface area contributed by atoms with Gasteiger partial charge in [-0.15, -0.1) is 0 Å². The number of alkyl halides is 5. The van der Waals surface area contributed by atoms with Gasteiger partial charge in [0.2, 0.25) is 0 Å². The molecule has 1 aromatic heterocycles. The number of ether oxygens (including phenoxy) is 1. The summed E-state index contributed by atoms with van der Waals surface area (Å²) in [5.41, 5.74) is -5.36. The van der Waals surface area contributed by atoms with Crippen LogP contribution in [0.3, 0.4) is 0 Å². The number of hydrogen-bond donors (Lipinski definition) is 0. The second-order valence-corrected chi connectivity index (χ2v) is 3.21. The maximum Gasteiger partial charge on any atom is 0.434 e. The smallest absolute Gasteiger partial charge is 0.434 e. The van der Waals surface area contributed by atoms with Crippen LogP contribution in [0.4, 0.5) is 22.0 Å². The van der Waals surface area contributed by atoms with E-state index in [9.17, 15) is 26.7 Å². The molecule has 0 saturated heterocycles. The molecule has 0 unspecified atom stereocenters. The van der Waals surface area contributed by atoms with Gasteiger partial charge in [0.15, 0.2) is 5.69 Å². The summed E-state index contributed by atoms with van der Waals surface area (Å²) in [7, 11) is 0.862. The molecule has 1 heterocycles. The number of esters is 1. The normalized spacial score (nSPS) is 11.3. The minimum absolute atomic E-state index is 0.316. The van der Waals surface area contributed by atoms with E-state index in [1.54, 1.807) is 0 Å². The van der Waals surface area contributed by atoms with Crippen molar-refractivity contribution in [2.45, 2.75) is 12.6 Å². The Labute approximate surface area is 103 Å². The van der Waals surface area contributed by atoms with Crippen molar-refractivity contribution in [2.24, 2.45) is 0 Å². The van der Waals surface area contributed by atoms with Crippen molar-refractivity contribution < 1.29 is 31.5 Å². The Bertz CT molecular complexity index is 548. The highest BCUT2D eigenvalue weighted by Crippen LogP contribution is 2.36. The van der Waals surface area contributed by atoms with Crippen molar-refractivity contribution >= 4 is 5.97 Å². The van der Waals surface area contributed by atoms with Crippen LogP contribution in [0.5, 0.6) is 0 Å². The summed E-state index contributed by atoms with van der Waals surface area (Å²) in [6.07, 6.45) is -8.21. The van der Waals surface area contributed by atoms with E-state index in [0.717, 1.165) is 13.2 Å². The minimum Gasteiger partial charge on any atom is -0.465 e. The number of carbonyl (C=O) groups excluding carboxylic acids is 1. The van der Waals surface area contributed by atoms with Gasteiger partial charge in [0.25, 0.3) is 6.43 Å². The molecule has 0 atom stereocenters. The lowest BCUT2D eigenvalue weighted by molar-refractivity contribution is -0.141. The molecule has 0 amide bonds. The number of pyridine rings is 1. The van der Waals surface area contributed by atoms with Crippen molar-refractivity contribution in [2.75, 3.05) is 7.11 Å². The van der Waals surface area contributed by atoms with Gasteiger partial charge in [-0.25, -0.2) is 18.6 Å². The molecule has 1 rings (SSSR count). The number of methoxy groups -OCH3 is 1. The molecule has 0 bridgehead atoms. The van der Waals surface area contributed by atoms with Crippen LogP contribution in [0.25, 0.3) is 0 Å². The van der Waals surface area contributed by atoms with Gasteiger partial charge >= 0.3 is 12.1 Å². The zero-order valence-electron chi connectivity index (χ0n) is 9.26. The van der Waals surface area contributed by atoms with Crippen molar-refractivity contribution in [1.29, 1.82) is 5.26 Å². The van der Waals surface area contributed by atoms with Gasteiger partial charge in [0.1, 0.15) is 6.07 Å². The van der Waals surface area contributed by atoms with Gasteiger partial charge < -0.3 is 4.74 Å². The van der Waals surface area contributed by atoms with Crippen LogP contribution in [-0.2, 0) is 10.9 Å². The molecular formula is C10H5F5N2O2. The maximum absolute atomic E-state index is 12.8. The first kappa shape index (κ1) is 14.8. The standard InChI is InChI=1S/C10H5F5N2O2/c1-19-9(18)5-3-17-7(10(13,14)15)4(2-16)6(5)8(11)12/h3,8H,1H3. The van der Waals surface area contributed by atoms with E-state index in [1.807, 2.05) is 0 Å². The monoisotopic (exact) mass is 280 g/mol. The lowest BCUT2D eigenvalue weighted by atomic mass is 10.0. The van der Waals surface area contributed by atoms with E-state index in [2.05, 4.69) is 9.72 Å². The lowest BCUT2D eigenvalue weighted by Crippen LogP contribution is -2.17. The predicted molar refractivity (Wildman–Crippen MR) is 50.3 cm³/mol. The van der Waals surface area contributed by atoms with Crippen LogP contribution >= 0.6 is 0 Å². The lowest BCUT2D eigenvalue weighted by Gasteiger charge is -2.13. The molecule has 0 aliphatic heterocycles. The minimum atomic E-state index is -5.08. The van der Waals surface area contributed by atoms with Crippen molar-refractivity contribution in [3.8, 4) is 6.07 Å². The molecule has 0 aliphatic carbocycles. The molecule has 0 saturated carbocycles. The summed E-state index contributed by atoms with van der Waals surface area (Å²) in [6.45, 7) is 0. The molecule has 9 heteroatoms. The highest BCUT2D eigenvalue weighted by atomic mass is 19.4. The Balaban J connectivity index is 3.68. The van der Waals surface area contributed by atoms with Gasteiger partial charge in [-0.3, -0.25) is 0 Å². The number of hydrogen-bond acceptors (Lipinski definition) is 4. The highest BCUT2D eigenvalue weighted by Gasteiger charge is 2.39. The predicted octanol–water partition coefficient (Wildman–Crippen LogP) is 2.70. The van der Waals surface area contributed by atoms with Crippen LogP contribution in [0.1, 0.15) is 33.6 Å². The Kier molecular flexibility index (Phi) is 4.04. The zero-order chi connectivity index (χ0) is 14.8. The third kappa shape index (κ3) is 2.78. The fourth-order valence-corrected chi connectivity index (χ4v) is 1.35. The van der Waals surface area contributed by atoms with Crippen LogP contribution in [0.15, 0.2) is 6.20 Å². The third-order valence-electron chi connectivity index (χ3n) is 2.12. The highest BCUT2D eigenvalue weighted by molar-refractivity contribution is 5.91. The summed E-state index contributed by atoms with van der Waals surface area (Å²) in [5.74, 6) is -1.30. The summed E-state index contributed by atoms with van der Waals surface area (Å²) in [5, 5.41) is 8.61. The second-order valence-electron chi connectivity index (χ2n) is 3.21. The van der Waals surface area contributed by atoms with E-state index in [4.69, 9.17) is 5.26 Å². The molecule has 0 aromatic carbocycles. The van der Waals surface area contributed by atoms with Crippen LogP contribution in [-0.4, -0.2) is 18.1 Å². The summed E-state index contributed by atoms with van der Waals surface area (Å²) in [6, 6.07) is 1.00. The van der Waals surface area contributed by atoms with Gasteiger partial charge in [-0.05, 0) is 0 Å². The zero-order valence-corrected chi connectivity index (χ0v) is 9.26. The van der Waals surface area contributed by atoms with Gasteiger partial charge in [-0.1, -0.05) is 0 Å². The van der Waals surface area contributed by atoms with Gasteiger partial charge in [-0.2, -0.15) is 18.4 Å². The van der Waals surface area contributed by atoms with E-state index < -0.39 is 41.0 Å². The quantitative estimate of drug-likeness (QED) is 0.617. The first-order valence-electron chi connectivity index (χ1n) is 4.60. The SMILES string of the molecule is COC(=O)c1cnc(C(F)(F)F)c(C#N)c1C(F)F. The maximum atomic E-state index is 12.8. The molecule has 19 heavy (non-hydrogen) atoms. The number of nitriles is 1. The summed E-state index contributed by atoms with van der Waals surface area (Å²) < 4.78 is 67.3. The molecule has 0 spiro atoms. The fraction of sp³-hybridized carbons (Fsp3) is 0.300. The number of rotatable bonds is 2. The fourth-order valence-electron chi connectivity index (χ4n) is 1.35. The van der Waals surface area contributed by atoms with E-state index >= 15 is 0 Å². The van der Waals surface area contributed by atoms with Crippen molar-refractivity contribution in [1.82, 2.24) is 4.98 Å². The number of aromatic nitrogens is 1. The van der Waals surface area contributed by atoms with Gasteiger partial charge in [0, 0.05) is 6.20 Å². The molecule has 0 radical (unpaired) electrons. The first-order valence-corrected chi connectivity index (χ1v) is 4.60. The van der Waals surface area contributed by atoms with Crippen LogP contribution in [0.2, 0.25) is 0 Å². The van der Waals surface area contributed by atoms with Gasteiger partial charge in [0.05, 0.1) is 23.8 Å².